The zero-order valence-electron chi connectivity index (χ0n) is 14.6. The molecule has 0 aliphatic carbocycles. The molecule has 1 aromatic carbocycles. The molecule has 1 saturated heterocycles. The summed E-state index contributed by atoms with van der Waals surface area (Å²) < 4.78 is 5.57. The Morgan fingerprint density at radius 1 is 1.42 bits per heavy atom. The number of carbonyl (C=O) groups is 2. The van der Waals surface area contributed by atoms with E-state index in [0.717, 1.165) is 17.7 Å². The van der Waals surface area contributed by atoms with Crippen LogP contribution in [0.5, 0.6) is 5.75 Å². The summed E-state index contributed by atoms with van der Waals surface area (Å²) in [6.07, 6.45) is 6.35. The molecule has 2 amide bonds. The van der Waals surface area contributed by atoms with Crippen LogP contribution in [0.2, 0.25) is 0 Å². The van der Waals surface area contributed by atoms with Crippen molar-refractivity contribution in [3.8, 4) is 5.75 Å². The smallest absolute Gasteiger partial charge is 0.248 e. The molecule has 1 aliphatic heterocycles. The molecular formula is C19H21N3O3S. The van der Waals surface area contributed by atoms with Gasteiger partial charge in [0.05, 0.1) is 6.61 Å². The Labute approximate surface area is 156 Å². The molecule has 1 unspecified atom stereocenters. The first-order valence-electron chi connectivity index (χ1n) is 8.60. The number of carbonyl (C=O) groups excluding carboxylic acids is 2. The van der Waals surface area contributed by atoms with Crippen LogP contribution in [-0.2, 0) is 9.59 Å². The quantitative estimate of drug-likeness (QED) is 0.792. The number of rotatable bonds is 6. The monoisotopic (exact) mass is 371 g/mol. The van der Waals surface area contributed by atoms with E-state index in [4.69, 9.17) is 4.74 Å². The third-order valence-electron chi connectivity index (χ3n) is 4.13. The lowest BCUT2D eigenvalue weighted by Gasteiger charge is -2.22. The van der Waals surface area contributed by atoms with Gasteiger partial charge in [0.25, 0.3) is 0 Å². The van der Waals surface area contributed by atoms with Crippen molar-refractivity contribution >= 4 is 34.4 Å². The van der Waals surface area contributed by atoms with Gasteiger partial charge < -0.3 is 15.0 Å². The maximum Gasteiger partial charge on any atom is 0.248 e. The highest BCUT2D eigenvalue weighted by Crippen LogP contribution is 2.22. The van der Waals surface area contributed by atoms with Gasteiger partial charge >= 0.3 is 0 Å². The summed E-state index contributed by atoms with van der Waals surface area (Å²) in [5.41, 5.74) is 0.839. The Kier molecular flexibility index (Phi) is 6.01. The van der Waals surface area contributed by atoms with E-state index >= 15 is 0 Å². The van der Waals surface area contributed by atoms with Crippen LogP contribution in [0.3, 0.4) is 0 Å². The first-order chi connectivity index (χ1) is 12.7. The summed E-state index contributed by atoms with van der Waals surface area (Å²) in [4.78, 5) is 30.7. The molecule has 1 aromatic heterocycles. The van der Waals surface area contributed by atoms with E-state index in [-0.39, 0.29) is 11.8 Å². The summed E-state index contributed by atoms with van der Waals surface area (Å²) in [6.45, 7) is 3.05. The number of nitrogens with one attached hydrogen (secondary N) is 1. The Bertz CT molecular complexity index is 789. The predicted octanol–water partition coefficient (Wildman–Crippen LogP) is 3.18. The molecule has 1 aliphatic rings. The van der Waals surface area contributed by atoms with E-state index in [2.05, 4.69) is 10.3 Å². The van der Waals surface area contributed by atoms with Crippen molar-refractivity contribution in [1.29, 1.82) is 0 Å². The number of aromatic nitrogens is 1. The number of nitrogens with zero attached hydrogens (tertiary/aromatic N) is 2. The minimum absolute atomic E-state index is 0.173. The predicted molar refractivity (Wildman–Crippen MR) is 102 cm³/mol. The lowest BCUT2D eigenvalue weighted by atomic mass is 10.1. The Morgan fingerprint density at radius 2 is 2.27 bits per heavy atom. The topological polar surface area (TPSA) is 71.5 Å². The summed E-state index contributed by atoms with van der Waals surface area (Å²) >= 11 is 1.36. The molecule has 0 radical (unpaired) electrons. The summed E-state index contributed by atoms with van der Waals surface area (Å²) in [7, 11) is 0. The summed E-state index contributed by atoms with van der Waals surface area (Å²) in [5.74, 6) is 0.376. The summed E-state index contributed by atoms with van der Waals surface area (Å²) in [6, 6.07) is 7.09. The van der Waals surface area contributed by atoms with Gasteiger partial charge in [0.15, 0.2) is 5.13 Å². The SMILES string of the molecule is CCOc1ccccc1/C=C/C(=O)N1CCCC1C(=O)Nc1nccs1. The molecule has 1 atom stereocenters. The normalized spacial score (nSPS) is 16.8. The molecular weight excluding hydrogens is 350 g/mol. The van der Waals surface area contributed by atoms with Crippen LogP contribution in [0.25, 0.3) is 6.08 Å². The van der Waals surface area contributed by atoms with Gasteiger partial charge in [-0.05, 0) is 31.9 Å². The van der Waals surface area contributed by atoms with Crippen LogP contribution in [0.4, 0.5) is 5.13 Å². The van der Waals surface area contributed by atoms with E-state index in [1.165, 1.54) is 17.4 Å². The first kappa shape index (κ1) is 18.1. The minimum atomic E-state index is -0.460. The number of likely N-dealkylation sites (tertiary alicyclic amines) is 1. The molecule has 0 spiro atoms. The minimum Gasteiger partial charge on any atom is -0.493 e. The maximum atomic E-state index is 12.6. The van der Waals surface area contributed by atoms with Gasteiger partial charge in [-0.3, -0.25) is 9.59 Å². The second kappa shape index (κ2) is 8.62. The average molecular weight is 371 g/mol. The number of hydrogen-bond acceptors (Lipinski definition) is 5. The zero-order valence-corrected chi connectivity index (χ0v) is 15.4. The molecule has 7 heteroatoms. The number of anilines is 1. The molecule has 0 saturated carbocycles. The fraction of sp³-hybridized carbons (Fsp3) is 0.316. The number of amides is 2. The van der Waals surface area contributed by atoms with Crippen molar-refractivity contribution < 1.29 is 14.3 Å². The molecule has 26 heavy (non-hydrogen) atoms. The molecule has 136 valence electrons. The standard InChI is InChI=1S/C19H21N3O3S/c1-2-25-16-8-4-3-6-14(16)9-10-17(23)22-12-5-7-15(22)18(24)21-19-20-11-13-26-19/h3-4,6,8-11,13,15H,2,5,7,12H2,1H3,(H,20,21,24)/b10-9+. The fourth-order valence-corrected chi connectivity index (χ4v) is 3.47. The summed E-state index contributed by atoms with van der Waals surface area (Å²) in [5, 5.41) is 5.13. The van der Waals surface area contributed by atoms with E-state index in [9.17, 15) is 9.59 Å². The van der Waals surface area contributed by atoms with Crippen LogP contribution < -0.4 is 10.1 Å². The van der Waals surface area contributed by atoms with Crippen LogP contribution in [0, 0.1) is 0 Å². The van der Waals surface area contributed by atoms with Gasteiger partial charge in [-0.2, -0.15) is 0 Å². The van der Waals surface area contributed by atoms with Gasteiger partial charge in [-0.15, -0.1) is 11.3 Å². The number of para-hydroxylation sites is 1. The highest BCUT2D eigenvalue weighted by molar-refractivity contribution is 7.13. The van der Waals surface area contributed by atoms with Crippen LogP contribution in [0.15, 0.2) is 41.9 Å². The van der Waals surface area contributed by atoms with E-state index in [1.54, 1.807) is 22.6 Å². The van der Waals surface area contributed by atoms with Gasteiger partial charge in [0, 0.05) is 29.8 Å². The molecule has 0 bridgehead atoms. The molecule has 6 nitrogen and oxygen atoms in total. The third-order valence-corrected chi connectivity index (χ3v) is 4.81. The Hall–Kier alpha value is -2.67. The molecule has 1 fully saturated rings. The highest BCUT2D eigenvalue weighted by atomic mass is 32.1. The first-order valence-corrected chi connectivity index (χ1v) is 9.48. The third kappa shape index (κ3) is 4.29. The van der Waals surface area contributed by atoms with Gasteiger partial charge in [-0.1, -0.05) is 18.2 Å². The molecule has 3 rings (SSSR count). The lowest BCUT2D eigenvalue weighted by Crippen LogP contribution is -2.42. The molecule has 1 N–H and O–H groups in total. The molecule has 2 aromatic rings. The van der Waals surface area contributed by atoms with Crippen LogP contribution in [0.1, 0.15) is 25.3 Å². The number of benzene rings is 1. The Morgan fingerprint density at radius 3 is 3.04 bits per heavy atom. The van der Waals surface area contributed by atoms with Gasteiger partial charge in [-0.25, -0.2) is 4.98 Å². The van der Waals surface area contributed by atoms with Crippen LogP contribution >= 0.6 is 11.3 Å². The fourth-order valence-electron chi connectivity index (χ4n) is 2.94. The van der Waals surface area contributed by atoms with E-state index in [0.29, 0.717) is 24.7 Å². The number of hydrogen-bond donors (Lipinski definition) is 1. The van der Waals surface area contributed by atoms with Gasteiger partial charge in [0.2, 0.25) is 11.8 Å². The maximum absolute atomic E-state index is 12.6. The Balaban J connectivity index is 1.67. The van der Waals surface area contributed by atoms with Gasteiger partial charge in [0.1, 0.15) is 11.8 Å². The van der Waals surface area contributed by atoms with E-state index < -0.39 is 6.04 Å². The zero-order chi connectivity index (χ0) is 18.4. The van der Waals surface area contributed by atoms with Crippen LogP contribution in [-0.4, -0.2) is 40.9 Å². The second-order valence-electron chi connectivity index (χ2n) is 5.82. The van der Waals surface area contributed by atoms with Crippen molar-refractivity contribution in [1.82, 2.24) is 9.88 Å². The largest absolute Gasteiger partial charge is 0.493 e. The van der Waals surface area contributed by atoms with Crippen molar-refractivity contribution in [3.05, 3.63) is 47.5 Å². The lowest BCUT2D eigenvalue weighted by molar-refractivity contribution is -0.132. The van der Waals surface area contributed by atoms with E-state index in [1.807, 2.05) is 31.2 Å². The van der Waals surface area contributed by atoms with Crippen molar-refractivity contribution in [2.24, 2.45) is 0 Å². The number of ether oxygens (including phenoxy) is 1. The average Bonchev–Trinajstić information content (AvgIpc) is 3.32. The number of thiazole rings is 1. The molecule has 2 heterocycles. The van der Waals surface area contributed by atoms with Crippen molar-refractivity contribution in [2.75, 3.05) is 18.5 Å². The second-order valence-corrected chi connectivity index (χ2v) is 6.71. The van der Waals surface area contributed by atoms with Crippen molar-refractivity contribution in [3.63, 3.8) is 0 Å². The highest BCUT2D eigenvalue weighted by Gasteiger charge is 2.33. The van der Waals surface area contributed by atoms with Crippen molar-refractivity contribution in [2.45, 2.75) is 25.8 Å².